The molecular weight excluding hydrogens is 230 g/mol. The Hall–Kier alpha value is -1.42. The van der Waals surface area contributed by atoms with E-state index in [0.717, 1.165) is 5.56 Å². The lowest BCUT2D eigenvalue weighted by molar-refractivity contribution is 0.0945. The lowest BCUT2D eigenvalue weighted by atomic mass is 9.99. The van der Waals surface area contributed by atoms with Crippen LogP contribution in [0.2, 0.25) is 5.02 Å². The Bertz CT molecular complexity index is 445. The van der Waals surface area contributed by atoms with Gasteiger partial charge < -0.3 is 14.8 Å². The number of nitrogens with one attached hydrogen (secondary N) is 1. The molecule has 16 heavy (non-hydrogen) atoms. The topological polar surface area (TPSA) is 47.6 Å². The molecule has 0 atom stereocenters. The summed E-state index contributed by atoms with van der Waals surface area (Å²) in [6, 6.07) is 1.66. The number of hydrogen-bond donors (Lipinski definition) is 1. The van der Waals surface area contributed by atoms with Gasteiger partial charge in [-0.3, -0.25) is 4.79 Å². The van der Waals surface area contributed by atoms with E-state index in [1.807, 2.05) is 0 Å². The van der Waals surface area contributed by atoms with Crippen molar-refractivity contribution in [2.45, 2.75) is 6.42 Å². The predicted molar refractivity (Wildman–Crippen MR) is 60.6 cm³/mol. The second kappa shape index (κ2) is 4.22. The van der Waals surface area contributed by atoms with Crippen LogP contribution in [-0.4, -0.2) is 26.7 Å². The van der Waals surface area contributed by atoms with Crippen LogP contribution in [0.25, 0.3) is 0 Å². The van der Waals surface area contributed by atoms with Crippen molar-refractivity contribution < 1.29 is 14.3 Å². The molecule has 1 heterocycles. The zero-order valence-electron chi connectivity index (χ0n) is 9.09. The first kappa shape index (κ1) is 11.1. The van der Waals surface area contributed by atoms with E-state index in [0.29, 0.717) is 35.1 Å². The van der Waals surface area contributed by atoms with Crippen LogP contribution >= 0.6 is 11.6 Å². The van der Waals surface area contributed by atoms with Gasteiger partial charge in [-0.05, 0) is 18.1 Å². The summed E-state index contributed by atoms with van der Waals surface area (Å²) in [5, 5.41) is 3.22. The molecule has 0 saturated heterocycles. The maximum absolute atomic E-state index is 11.6. The Balaban J connectivity index is 2.65. The molecule has 0 unspecified atom stereocenters. The van der Waals surface area contributed by atoms with Gasteiger partial charge in [0.2, 0.25) is 0 Å². The summed E-state index contributed by atoms with van der Waals surface area (Å²) >= 11 is 6.19. The highest BCUT2D eigenvalue weighted by molar-refractivity contribution is 6.33. The minimum absolute atomic E-state index is 0.121. The van der Waals surface area contributed by atoms with E-state index < -0.39 is 0 Å². The monoisotopic (exact) mass is 241 g/mol. The second-order valence-electron chi connectivity index (χ2n) is 3.46. The molecule has 0 radical (unpaired) electrons. The molecule has 0 aliphatic carbocycles. The third kappa shape index (κ3) is 1.59. The lowest BCUT2D eigenvalue weighted by Gasteiger charge is -2.20. The molecule has 1 aliphatic heterocycles. The van der Waals surface area contributed by atoms with Crippen molar-refractivity contribution >= 4 is 17.5 Å². The number of amides is 1. The highest BCUT2D eigenvalue weighted by Gasteiger charge is 2.24. The molecule has 1 aromatic carbocycles. The number of ether oxygens (including phenoxy) is 2. The fraction of sp³-hybridized carbons (Fsp3) is 0.364. The van der Waals surface area contributed by atoms with Crippen LogP contribution in [0.4, 0.5) is 0 Å². The van der Waals surface area contributed by atoms with Crippen LogP contribution < -0.4 is 14.8 Å². The van der Waals surface area contributed by atoms with Crippen molar-refractivity contribution in [2.75, 3.05) is 20.8 Å². The SMILES string of the molecule is COc1cc2c(c(Cl)c1OC)CCNC2=O. The zero-order valence-corrected chi connectivity index (χ0v) is 9.85. The number of fused-ring (bicyclic) bond motifs is 1. The summed E-state index contributed by atoms with van der Waals surface area (Å²) < 4.78 is 10.3. The third-order valence-corrected chi connectivity index (χ3v) is 3.02. The summed E-state index contributed by atoms with van der Waals surface area (Å²) in [4.78, 5) is 11.6. The number of methoxy groups -OCH3 is 2. The number of hydrogen-bond acceptors (Lipinski definition) is 3. The first-order valence-corrected chi connectivity index (χ1v) is 5.28. The number of benzene rings is 1. The summed E-state index contributed by atoms with van der Waals surface area (Å²) in [6.45, 7) is 0.598. The number of halogens is 1. The molecule has 4 nitrogen and oxygen atoms in total. The van der Waals surface area contributed by atoms with Crippen LogP contribution in [0.15, 0.2) is 6.07 Å². The van der Waals surface area contributed by atoms with Crippen molar-refractivity contribution in [2.24, 2.45) is 0 Å². The van der Waals surface area contributed by atoms with E-state index in [1.165, 1.54) is 14.2 Å². The summed E-state index contributed by atoms with van der Waals surface area (Å²) in [5.74, 6) is 0.838. The van der Waals surface area contributed by atoms with E-state index in [9.17, 15) is 4.79 Å². The van der Waals surface area contributed by atoms with Gasteiger partial charge >= 0.3 is 0 Å². The van der Waals surface area contributed by atoms with E-state index in [2.05, 4.69) is 5.32 Å². The largest absolute Gasteiger partial charge is 0.493 e. The van der Waals surface area contributed by atoms with E-state index in [1.54, 1.807) is 6.07 Å². The van der Waals surface area contributed by atoms with Crippen LogP contribution in [0.5, 0.6) is 11.5 Å². The molecule has 0 spiro atoms. The Kier molecular flexibility index (Phi) is 2.92. The molecule has 0 bridgehead atoms. The highest BCUT2D eigenvalue weighted by Crippen LogP contribution is 2.40. The van der Waals surface area contributed by atoms with Crippen molar-refractivity contribution in [3.8, 4) is 11.5 Å². The van der Waals surface area contributed by atoms with Crippen molar-refractivity contribution in [1.29, 1.82) is 0 Å². The summed E-state index contributed by atoms with van der Waals surface area (Å²) in [7, 11) is 3.04. The molecular formula is C11H12ClNO3. The predicted octanol–water partition coefficient (Wildman–Crippen LogP) is 1.64. The molecule has 2 rings (SSSR count). The van der Waals surface area contributed by atoms with Crippen LogP contribution in [0.1, 0.15) is 15.9 Å². The van der Waals surface area contributed by atoms with Gasteiger partial charge in [-0.15, -0.1) is 0 Å². The van der Waals surface area contributed by atoms with Crippen molar-refractivity contribution in [3.63, 3.8) is 0 Å². The minimum Gasteiger partial charge on any atom is -0.493 e. The van der Waals surface area contributed by atoms with Gasteiger partial charge in [-0.1, -0.05) is 11.6 Å². The Morgan fingerprint density at radius 2 is 2.12 bits per heavy atom. The van der Waals surface area contributed by atoms with Gasteiger partial charge in [-0.25, -0.2) is 0 Å². The van der Waals surface area contributed by atoms with Crippen molar-refractivity contribution in [1.82, 2.24) is 5.32 Å². The quantitative estimate of drug-likeness (QED) is 0.856. The smallest absolute Gasteiger partial charge is 0.251 e. The molecule has 1 N–H and O–H groups in total. The molecule has 0 saturated carbocycles. The summed E-state index contributed by atoms with van der Waals surface area (Å²) in [6.07, 6.45) is 0.709. The first-order chi connectivity index (χ1) is 7.69. The Labute approximate surface area is 98.5 Å². The van der Waals surface area contributed by atoms with Crippen LogP contribution in [0, 0.1) is 0 Å². The molecule has 86 valence electrons. The summed E-state index contributed by atoms with van der Waals surface area (Å²) in [5.41, 5.74) is 1.39. The molecule has 1 aromatic rings. The highest BCUT2D eigenvalue weighted by atomic mass is 35.5. The van der Waals surface area contributed by atoms with E-state index in [4.69, 9.17) is 21.1 Å². The Morgan fingerprint density at radius 1 is 1.38 bits per heavy atom. The lowest BCUT2D eigenvalue weighted by Crippen LogP contribution is -2.32. The number of carbonyl (C=O) groups is 1. The average molecular weight is 242 g/mol. The average Bonchev–Trinajstić information content (AvgIpc) is 2.30. The molecule has 1 aliphatic rings. The number of carbonyl (C=O) groups excluding carboxylic acids is 1. The van der Waals surface area contributed by atoms with Gasteiger partial charge in [0.05, 0.1) is 19.2 Å². The van der Waals surface area contributed by atoms with Crippen molar-refractivity contribution in [3.05, 3.63) is 22.2 Å². The normalized spacial score (nSPS) is 14.1. The molecule has 0 fully saturated rings. The van der Waals surface area contributed by atoms with Gasteiger partial charge in [0.1, 0.15) is 0 Å². The van der Waals surface area contributed by atoms with Gasteiger partial charge in [0.25, 0.3) is 5.91 Å². The molecule has 0 aromatic heterocycles. The number of rotatable bonds is 2. The second-order valence-corrected chi connectivity index (χ2v) is 3.84. The maximum Gasteiger partial charge on any atom is 0.251 e. The third-order valence-electron chi connectivity index (χ3n) is 2.62. The first-order valence-electron chi connectivity index (χ1n) is 4.90. The fourth-order valence-electron chi connectivity index (χ4n) is 1.83. The minimum atomic E-state index is -0.121. The van der Waals surface area contributed by atoms with Crippen LogP contribution in [0.3, 0.4) is 0 Å². The standard InChI is InChI=1S/C11H12ClNO3/c1-15-8-5-7-6(3-4-13-11(7)14)9(12)10(8)16-2/h5H,3-4H2,1-2H3,(H,13,14). The Morgan fingerprint density at radius 3 is 2.75 bits per heavy atom. The van der Waals surface area contributed by atoms with Gasteiger partial charge in [-0.2, -0.15) is 0 Å². The maximum atomic E-state index is 11.6. The van der Waals surface area contributed by atoms with Crippen LogP contribution in [-0.2, 0) is 6.42 Å². The molecule has 5 heteroatoms. The van der Waals surface area contributed by atoms with E-state index in [-0.39, 0.29) is 5.91 Å². The van der Waals surface area contributed by atoms with Gasteiger partial charge in [0.15, 0.2) is 11.5 Å². The zero-order chi connectivity index (χ0) is 11.7. The molecule has 1 amide bonds. The van der Waals surface area contributed by atoms with E-state index >= 15 is 0 Å². The van der Waals surface area contributed by atoms with Gasteiger partial charge in [0, 0.05) is 12.1 Å². The fourth-order valence-corrected chi connectivity index (χ4v) is 2.20.